The molecular weight excluding hydrogens is 314 g/mol. The quantitative estimate of drug-likeness (QED) is 0.877. The second-order valence-electron chi connectivity index (χ2n) is 7.06. The lowest BCUT2D eigenvalue weighted by molar-refractivity contribution is -0.127. The van der Waals surface area contributed by atoms with Crippen molar-refractivity contribution in [2.75, 3.05) is 0 Å². The van der Waals surface area contributed by atoms with Gasteiger partial charge in [0.05, 0.1) is 6.04 Å². The van der Waals surface area contributed by atoms with Crippen molar-refractivity contribution in [3.05, 3.63) is 35.7 Å². The van der Waals surface area contributed by atoms with Gasteiger partial charge in [0.15, 0.2) is 5.82 Å². The molecule has 0 saturated carbocycles. The summed E-state index contributed by atoms with van der Waals surface area (Å²) in [4.78, 5) is 19.2. The number of carbonyl (C=O) groups excluding carboxylic acids is 1. The summed E-state index contributed by atoms with van der Waals surface area (Å²) in [5, 5.41) is 10.1. The molecular formula is C19H27N5O. The number of carbonyl (C=O) groups is 1. The average Bonchev–Trinajstić information content (AvgIpc) is 3.18. The number of hydrogen-bond acceptors (Lipinski definition) is 4. The number of nitrogens with zero attached hydrogens (tertiary/aromatic N) is 3. The Morgan fingerprint density at radius 2 is 2.08 bits per heavy atom. The maximum Gasteiger partial charge on any atom is 0.237 e. The minimum absolute atomic E-state index is 0.0831. The van der Waals surface area contributed by atoms with Crippen LogP contribution in [0.5, 0.6) is 0 Å². The molecule has 0 aliphatic carbocycles. The van der Waals surface area contributed by atoms with E-state index < -0.39 is 0 Å². The molecule has 3 atom stereocenters. The lowest BCUT2D eigenvalue weighted by atomic mass is 10.1. The number of nitrogens with one attached hydrogen (secondary N) is 2. The molecule has 2 heterocycles. The van der Waals surface area contributed by atoms with Crippen molar-refractivity contribution in [2.45, 2.75) is 65.2 Å². The highest BCUT2D eigenvalue weighted by Gasteiger charge is 2.34. The molecule has 25 heavy (non-hydrogen) atoms. The lowest BCUT2D eigenvalue weighted by Crippen LogP contribution is -2.48. The Balaban J connectivity index is 1.62. The predicted octanol–water partition coefficient (Wildman–Crippen LogP) is 2.66. The first-order chi connectivity index (χ1) is 12.0. The van der Waals surface area contributed by atoms with Gasteiger partial charge in [-0.1, -0.05) is 18.2 Å². The summed E-state index contributed by atoms with van der Waals surface area (Å²) in [7, 11) is 0. The van der Waals surface area contributed by atoms with Gasteiger partial charge in [-0.15, -0.1) is 0 Å². The van der Waals surface area contributed by atoms with Gasteiger partial charge in [-0.05, 0) is 52.2 Å². The summed E-state index contributed by atoms with van der Waals surface area (Å²) < 4.78 is 0. The van der Waals surface area contributed by atoms with E-state index in [4.69, 9.17) is 0 Å². The molecule has 1 amide bonds. The molecule has 2 aromatic rings. The van der Waals surface area contributed by atoms with Crippen LogP contribution in [0.1, 0.15) is 45.0 Å². The van der Waals surface area contributed by atoms with Crippen molar-refractivity contribution in [1.82, 2.24) is 25.4 Å². The largest absolute Gasteiger partial charge is 0.351 e. The molecule has 1 aliphatic heterocycles. The van der Waals surface area contributed by atoms with Gasteiger partial charge < -0.3 is 5.32 Å². The van der Waals surface area contributed by atoms with E-state index in [0.29, 0.717) is 24.5 Å². The number of amides is 1. The van der Waals surface area contributed by atoms with Crippen LogP contribution in [0.25, 0.3) is 11.4 Å². The fourth-order valence-corrected chi connectivity index (χ4v) is 3.74. The minimum atomic E-state index is -0.105. The van der Waals surface area contributed by atoms with Crippen LogP contribution in [0.2, 0.25) is 0 Å². The molecule has 0 radical (unpaired) electrons. The van der Waals surface area contributed by atoms with Crippen LogP contribution in [-0.2, 0) is 11.3 Å². The Bertz CT molecular complexity index is 731. The molecule has 1 fully saturated rings. The monoisotopic (exact) mass is 341 g/mol. The molecule has 0 spiro atoms. The fraction of sp³-hybridized carbons (Fsp3) is 0.526. The standard InChI is InChI=1S/C19H27N5O/c1-12-8-9-13(2)24(12)14(3)19(25)20-11-16-6-5-7-17(10-16)18-21-15(4)22-23-18/h5-7,10,12-14H,8-9,11H2,1-4H3,(H,20,25)(H,21,22,23)/t12-,13-,14+/m1/s1. The van der Waals surface area contributed by atoms with E-state index in [-0.39, 0.29) is 11.9 Å². The maximum absolute atomic E-state index is 12.6. The zero-order chi connectivity index (χ0) is 18.0. The van der Waals surface area contributed by atoms with E-state index >= 15 is 0 Å². The topological polar surface area (TPSA) is 73.9 Å². The number of aryl methyl sites for hydroxylation is 1. The smallest absolute Gasteiger partial charge is 0.237 e. The number of benzene rings is 1. The first kappa shape index (κ1) is 17.6. The van der Waals surface area contributed by atoms with Crippen LogP contribution < -0.4 is 5.32 Å². The summed E-state index contributed by atoms with van der Waals surface area (Å²) in [5.41, 5.74) is 1.99. The summed E-state index contributed by atoms with van der Waals surface area (Å²) in [6.45, 7) is 8.80. The summed E-state index contributed by atoms with van der Waals surface area (Å²) in [6.07, 6.45) is 2.33. The molecule has 1 aromatic carbocycles. The summed E-state index contributed by atoms with van der Waals surface area (Å²) >= 11 is 0. The lowest BCUT2D eigenvalue weighted by Gasteiger charge is -2.31. The van der Waals surface area contributed by atoms with Crippen LogP contribution in [-0.4, -0.2) is 44.1 Å². The SMILES string of the molecule is Cc1nc(-c2cccc(CNC(=O)[C@H](C)N3[C@H](C)CC[C@H]3C)c2)n[nH]1. The van der Waals surface area contributed by atoms with Gasteiger partial charge in [-0.3, -0.25) is 14.8 Å². The van der Waals surface area contributed by atoms with Gasteiger partial charge in [0.2, 0.25) is 5.91 Å². The van der Waals surface area contributed by atoms with Crippen molar-refractivity contribution in [3.63, 3.8) is 0 Å². The third kappa shape index (κ3) is 3.90. The minimum Gasteiger partial charge on any atom is -0.351 e. The Hall–Kier alpha value is -2.21. The summed E-state index contributed by atoms with van der Waals surface area (Å²) in [6, 6.07) is 8.80. The van der Waals surface area contributed by atoms with E-state index in [1.54, 1.807) is 0 Å². The van der Waals surface area contributed by atoms with Gasteiger partial charge in [-0.2, -0.15) is 5.10 Å². The average molecular weight is 341 g/mol. The molecule has 6 nitrogen and oxygen atoms in total. The van der Waals surface area contributed by atoms with Gasteiger partial charge >= 0.3 is 0 Å². The van der Waals surface area contributed by atoms with Gasteiger partial charge in [0.1, 0.15) is 5.82 Å². The molecule has 1 aromatic heterocycles. The van der Waals surface area contributed by atoms with E-state index in [1.165, 1.54) is 0 Å². The molecule has 1 saturated heterocycles. The Morgan fingerprint density at radius 3 is 2.72 bits per heavy atom. The number of aromatic amines is 1. The predicted molar refractivity (Wildman–Crippen MR) is 97.9 cm³/mol. The highest BCUT2D eigenvalue weighted by atomic mass is 16.2. The Labute approximate surface area is 149 Å². The van der Waals surface area contributed by atoms with Crippen molar-refractivity contribution in [2.24, 2.45) is 0 Å². The van der Waals surface area contributed by atoms with E-state index in [0.717, 1.165) is 29.8 Å². The highest BCUT2D eigenvalue weighted by molar-refractivity contribution is 5.81. The van der Waals surface area contributed by atoms with Crippen molar-refractivity contribution in [3.8, 4) is 11.4 Å². The second-order valence-corrected chi connectivity index (χ2v) is 7.06. The number of H-pyrrole nitrogens is 1. The normalized spacial score (nSPS) is 22.1. The number of likely N-dealkylation sites (tertiary alicyclic amines) is 1. The highest BCUT2D eigenvalue weighted by Crippen LogP contribution is 2.26. The van der Waals surface area contributed by atoms with Crippen molar-refractivity contribution >= 4 is 5.91 Å². The molecule has 1 aliphatic rings. The summed E-state index contributed by atoms with van der Waals surface area (Å²) in [5.74, 6) is 1.55. The van der Waals surface area contributed by atoms with E-state index in [9.17, 15) is 4.79 Å². The molecule has 134 valence electrons. The van der Waals surface area contributed by atoms with Crippen molar-refractivity contribution in [1.29, 1.82) is 0 Å². The Morgan fingerprint density at radius 1 is 1.36 bits per heavy atom. The third-order valence-electron chi connectivity index (χ3n) is 5.10. The number of aromatic nitrogens is 3. The van der Waals surface area contributed by atoms with Crippen LogP contribution in [0.15, 0.2) is 24.3 Å². The molecule has 2 N–H and O–H groups in total. The van der Waals surface area contributed by atoms with Gasteiger partial charge in [0.25, 0.3) is 0 Å². The second kappa shape index (κ2) is 7.35. The van der Waals surface area contributed by atoms with Crippen LogP contribution in [0, 0.1) is 6.92 Å². The van der Waals surface area contributed by atoms with E-state index in [1.807, 2.05) is 38.1 Å². The first-order valence-electron chi connectivity index (χ1n) is 8.99. The zero-order valence-electron chi connectivity index (χ0n) is 15.4. The first-order valence-corrected chi connectivity index (χ1v) is 8.99. The maximum atomic E-state index is 12.6. The van der Waals surface area contributed by atoms with Crippen molar-refractivity contribution < 1.29 is 4.79 Å². The molecule has 0 bridgehead atoms. The van der Waals surface area contributed by atoms with Crippen LogP contribution >= 0.6 is 0 Å². The van der Waals surface area contributed by atoms with Crippen LogP contribution in [0.4, 0.5) is 0 Å². The molecule has 6 heteroatoms. The van der Waals surface area contributed by atoms with E-state index in [2.05, 4.69) is 39.2 Å². The fourth-order valence-electron chi connectivity index (χ4n) is 3.74. The Kier molecular flexibility index (Phi) is 5.18. The number of hydrogen-bond donors (Lipinski definition) is 2. The molecule has 3 rings (SSSR count). The van der Waals surface area contributed by atoms with Gasteiger partial charge in [-0.25, -0.2) is 4.98 Å². The molecule has 0 unspecified atom stereocenters. The zero-order valence-corrected chi connectivity index (χ0v) is 15.4. The number of rotatable bonds is 5. The third-order valence-corrected chi connectivity index (χ3v) is 5.10. The van der Waals surface area contributed by atoms with Gasteiger partial charge in [0, 0.05) is 24.2 Å². The van der Waals surface area contributed by atoms with Crippen LogP contribution in [0.3, 0.4) is 0 Å².